The van der Waals surface area contributed by atoms with Crippen LogP contribution in [0.15, 0.2) is 18.2 Å². The van der Waals surface area contributed by atoms with Gasteiger partial charge in [0.1, 0.15) is 11.6 Å². The smallest absolute Gasteiger partial charge is 0.390 e. The quantitative estimate of drug-likeness (QED) is 0.851. The fourth-order valence-electron chi connectivity index (χ4n) is 2.55. The highest BCUT2D eigenvalue weighted by atomic mass is 35.5. The third kappa shape index (κ3) is 5.00. The van der Waals surface area contributed by atoms with E-state index in [1.54, 1.807) is 4.90 Å². The number of alkyl halides is 3. The van der Waals surface area contributed by atoms with Gasteiger partial charge in [-0.2, -0.15) is 13.2 Å². The van der Waals surface area contributed by atoms with E-state index in [2.05, 4.69) is 5.32 Å². The van der Waals surface area contributed by atoms with Crippen LogP contribution in [0.25, 0.3) is 0 Å². The number of benzene rings is 1. The summed E-state index contributed by atoms with van der Waals surface area (Å²) in [5, 5.41) is 3.08. The molecule has 2 rings (SSSR count). The van der Waals surface area contributed by atoms with E-state index in [9.17, 15) is 17.6 Å². The predicted octanol–water partition coefficient (Wildman–Crippen LogP) is 3.15. The molecule has 1 aromatic rings. The number of nitrogens with one attached hydrogen (secondary N) is 1. The second kappa shape index (κ2) is 7.99. The molecule has 0 aromatic heterocycles. The lowest BCUT2D eigenvalue weighted by Crippen LogP contribution is -2.46. The Bertz CT molecular complexity index is 478. The molecular formula is C14H19ClF4N2O. The topological polar surface area (TPSA) is 24.5 Å². The lowest BCUT2D eigenvalue weighted by Gasteiger charge is -2.35. The Labute approximate surface area is 133 Å². The van der Waals surface area contributed by atoms with E-state index in [-0.39, 0.29) is 18.0 Å². The van der Waals surface area contributed by atoms with Crippen LogP contribution >= 0.6 is 12.4 Å². The first kappa shape index (κ1) is 19.0. The Morgan fingerprint density at radius 2 is 1.91 bits per heavy atom. The van der Waals surface area contributed by atoms with Crippen LogP contribution in [0.2, 0.25) is 0 Å². The highest BCUT2D eigenvalue weighted by Gasteiger charge is 2.37. The molecule has 0 aliphatic carbocycles. The van der Waals surface area contributed by atoms with Gasteiger partial charge in [0.05, 0.1) is 13.5 Å². The van der Waals surface area contributed by atoms with E-state index >= 15 is 0 Å². The molecule has 0 saturated carbocycles. The molecule has 22 heavy (non-hydrogen) atoms. The number of methoxy groups -OCH3 is 1. The number of piperazine rings is 1. The monoisotopic (exact) mass is 342 g/mol. The first-order valence-corrected chi connectivity index (χ1v) is 6.75. The van der Waals surface area contributed by atoms with Crippen LogP contribution in [-0.2, 0) is 0 Å². The van der Waals surface area contributed by atoms with Gasteiger partial charge in [0.25, 0.3) is 0 Å². The van der Waals surface area contributed by atoms with Crippen molar-refractivity contribution in [3.05, 3.63) is 29.6 Å². The average Bonchev–Trinajstić information content (AvgIpc) is 2.45. The molecule has 0 amide bonds. The lowest BCUT2D eigenvalue weighted by molar-refractivity contribution is -0.149. The summed E-state index contributed by atoms with van der Waals surface area (Å²) >= 11 is 0. The lowest BCUT2D eigenvalue weighted by atomic mass is 10.00. The van der Waals surface area contributed by atoms with Gasteiger partial charge in [0, 0.05) is 43.9 Å². The zero-order chi connectivity index (χ0) is 15.5. The maximum atomic E-state index is 14.1. The van der Waals surface area contributed by atoms with Gasteiger partial charge >= 0.3 is 6.18 Å². The molecule has 0 spiro atoms. The minimum absolute atomic E-state index is 0. The van der Waals surface area contributed by atoms with Crippen LogP contribution in [0.1, 0.15) is 18.0 Å². The molecule has 1 heterocycles. The van der Waals surface area contributed by atoms with Crippen molar-refractivity contribution in [2.45, 2.75) is 18.6 Å². The normalized spacial score (nSPS) is 17.7. The molecule has 8 heteroatoms. The van der Waals surface area contributed by atoms with E-state index in [0.717, 1.165) is 6.07 Å². The zero-order valence-corrected chi connectivity index (χ0v) is 12.9. The molecule has 0 radical (unpaired) electrons. The standard InChI is InChI=1S/C14H18F4N2O.ClH/c1-21-10-2-3-11(12(15)8-10)13(9-14(16,17)18)20-6-4-19-5-7-20;/h2-3,8,13,19H,4-7,9H2,1H3;1H/t13-;/m0./s1. The van der Waals surface area contributed by atoms with Crippen LogP contribution in [0, 0.1) is 5.82 Å². The van der Waals surface area contributed by atoms with E-state index < -0.39 is 24.5 Å². The van der Waals surface area contributed by atoms with Crippen molar-refractivity contribution in [1.82, 2.24) is 10.2 Å². The number of hydrogen-bond donors (Lipinski definition) is 1. The van der Waals surface area contributed by atoms with Crippen molar-refractivity contribution < 1.29 is 22.3 Å². The number of halogens is 5. The van der Waals surface area contributed by atoms with Gasteiger partial charge in [-0.25, -0.2) is 4.39 Å². The maximum absolute atomic E-state index is 14.1. The second-order valence-corrected chi connectivity index (χ2v) is 5.01. The van der Waals surface area contributed by atoms with Crippen LogP contribution in [0.4, 0.5) is 17.6 Å². The summed E-state index contributed by atoms with van der Waals surface area (Å²) in [7, 11) is 1.39. The Hall–Kier alpha value is -1.05. The van der Waals surface area contributed by atoms with Crippen molar-refractivity contribution in [1.29, 1.82) is 0 Å². The molecule has 1 saturated heterocycles. The van der Waals surface area contributed by atoms with Crippen LogP contribution in [0.5, 0.6) is 5.75 Å². The summed E-state index contributed by atoms with van der Waals surface area (Å²) in [5.74, 6) is -0.371. The first-order valence-electron chi connectivity index (χ1n) is 6.75. The molecular weight excluding hydrogens is 324 g/mol. The number of nitrogens with zero attached hydrogens (tertiary/aromatic N) is 1. The van der Waals surface area contributed by atoms with Crippen molar-refractivity contribution in [2.24, 2.45) is 0 Å². The van der Waals surface area contributed by atoms with Crippen LogP contribution in [0.3, 0.4) is 0 Å². The largest absolute Gasteiger partial charge is 0.497 e. The van der Waals surface area contributed by atoms with Gasteiger partial charge in [-0.3, -0.25) is 4.90 Å². The Kier molecular flexibility index (Phi) is 6.90. The summed E-state index contributed by atoms with van der Waals surface area (Å²) < 4.78 is 57.5. The summed E-state index contributed by atoms with van der Waals surface area (Å²) in [6.45, 7) is 2.14. The van der Waals surface area contributed by atoms with Crippen molar-refractivity contribution in [3.63, 3.8) is 0 Å². The fourth-order valence-corrected chi connectivity index (χ4v) is 2.55. The summed E-state index contributed by atoms with van der Waals surface area (Å²) in [4.78, 5) is 1.68. The molecule has 1 N–H and O–H groups in total. The minimum atomic E-state index is -4.35. The molecule has 1 fully saturated rings. The average molecular weight is 343 g/mol. The van der Waals surface area contributed by atoms with Crippen LogP contribution in [-0.4, -0.2) is 44.4 Å². The minimum Gasteiger partial charge on any atom is -0.497 e. The Morgan fingerprint density at radius 1 is 1.27 bits per heavy atom. The number of rotatable bonds is 4. The summed E-state index contributed by atoms with van der Waals surface area (Å²) in [6.07, 6.45) is -5.40. The number of hydrogen-bond acceptors (Lipinski definition) is 3. The molecule has 1 aliphatic rings. The van der Waals surface area contributed by atoms with E-state index in [1.165, 1.54) is 19.2 Å². The zero-order valence-electron chi connectivity index (χ0n) is 12.1. The van der Waals surface area contributed by atoms with Gasteiger partial charge in [-0.15, -0.1) is 12.4 Å². The molecule has 3 nitrogen and oxygen atoms in total. The van der Waals surface area contributed by atoms with Crippen molar-refractivity contribution in [3.8, 4) is 5.75 Å². The first-order chi connectivity index (χ1) is 9.90. The Balaban J connectivity index is 0.00000242. The molecule has 1 aliphatic heterocycles. The highest BCUT2D eigenvalue weighted by molar-refractivity contribution is 5.85. The van der Waals surface area contributed by atoms with Gasteiger partial charge < -0.3 is 10.1 Å². The maximum Gasteiger partial charge on any atom is 0.390 e. The predicted molar refractivity (Wildman–Crippen MR) is 78.1 cm³/mol. The van der Waals surface area contributed by atoms with Crippen LogP contribution < -0.4 is 10.1 Å². The molecule has 126 valence electrons. The van der Waals surface area contributed by atoms with Crippen molar-refractivity contribution >= 4 is 12.4 Å². The van der Waals surface area contributed by atoms with Gasteiger partial charge in [-0.05, 0) is 6.07 Å². The van der Waals surface area contributed by atoms with E-state index in [0.29, 0.717) is 31.9 Å². The van der Waals surface area contributed by atoms with Gasteiger partial charge in [0.15, 0.2) is 0 Å². The Morgan fingerprint density at radius 3 is 2.41 bits per heavy atom. The van der Waals surface area contributed by atoms with E-state index in [1.807, 2.05) is 0 Å². The second-order valence-electron chi connectivity index (χ2n) is 5.01. The van der Waals surface area contributed by atoms with Gasteiger partial charge in [-0.1, -0.05) is 6.07 Å². The fraction of sp³-hybridized carbons (Fsp3) is 0.571. The molecule has 0 bridgehead atoms. The third-order valence-electron chi connectivity index (χ3n) is 3.58. The summed E-state index contributed by atoms with van der Waals surface area (Å²) in [6, 6.07) is 3.00. The number of ether oxygens (including phenoxy) is 1. The third-order valence-corrected chi connectivity index (χ3v) is 3.58. The van der Waals surface area contributed by atoms with Gasteiger partial charge in [0.2, 0.25) is 0 Å². The van der Waals surface area contributed by atoms with E-state index in [4.69, 9.17) is 4.74 Å². The molecule has 1 atom stereocenters. The van der Waals surface area contributed by atoms with Crippen molar-refractivity contribution in [2.75, 3.05) is 33.3 Å². The molecule has 1 aromatic carbocycles. The molecule has 0 unspecified atom stereocenters. The SMILES string of the molecule is COc1ccc([C@H](CC(F)(F)F)N2CCNCC2)c(F)c1.Cl. The highest BCUT2D eigenvalue weighted by Crippen LogP contribution is 2.35. The summed E-state index contributed by atoms with van der Waals surface area (Å²) in [5.41, 5.74) is 0.0648.